The maximum atomic E-state index is 4.33. The fourth-order valence-corrected chi connectivity index (χ4v) is 1.95. The van der Waals surface area contributed by atoms with Gasteiger partial charge in [-0.1, -0.05) is 25.1 Å². The van der Waals surface area contributed by atoms with Crippen LogP contribution in [0.4, 0.5) is 0 Å². The highest BCUT2D eigenvalue weighted by Gasteiger charge is 2.13. The Kier molecular flexibility index (Phi) is 4.22. The number of aliphatic imine (C=N–C) groups is 2. The van der Waals surface area contributed by atoms with Crippen LogP contribution in [-0.4, -0.2) is 17.6 Å². The first kappa shape index (κ1) is 10.5. The smallest absolute Gasteiger partial charge is 0.121 e. The molecule has 0 aliphatic carbocycles. The van der Waals surface area contributed by atoms with Crippen LogP contribution < -0.4 is 0 Å². The Labute approximate surface area is 84.2 Å². The zero-order valence-corrected chi connectivity index (χ0v) is 9.32. The molecule has 0 bridgehead atoms. The summed E-state index contributed by atoms with van der Waals surface area (Å²) in [5.74, 6) is 0. The summed E-state index contributed by atoms with van der Waals surface area (Å²) in [6.07, 6.45) is 3.62. The van der Waals surface area contributed by atoms with E-state index in [2.05, 4.69) is 23.8 Å². The van der Waals surface area contributed by atoms with E-state index in [-0.39, 0.29) is 0 Å². The highest BCUT2D eigenvalue weighted by molar-refractivity contribution is 8.26. The average Bonchev–Trinajstić information content (AvgIpc) is 2.61. The van der Waals surface area contributed by atoms with Gasteiger partial charge in [0.15, 0.2) is 0 Å². The Bertz CT molecular complexity index is 264. The molecule has 1 aliphatic rings. The third-order valence-electron chi connectivity index (χ3n) is 2.06. The van der Waals surface area contributed by atoms with Crippen LogP contribution in [0.15, 0.2) is 21.3 Å². The summed E-state index contributed by atoms with van der Waals surface area (Å²) in [5.41, 5.74) is 4.33. The van der Waals surface area contributed by atoms with Crippen LogP contribution in [-0.2, 0) is 0 Å². The zero-order chi connectivity index (χ0) is 9.68. The molecule has 0 spiro atoms. The molecule has 1 rings (SSSR count). The molecule has 72 valence electrons. The topological polar surface area (TPSA) is 24.7 Å². The number of thioether (sulfide) groups is 1. The molecular weight excluding hydrogens is 180 g/mol. The number of hydrogen-bond donors (Lipinski definition) is 0. The van der Waals surface area contributed by atoms with E-state index >= 15 is 0 Å². The Morgan fingerprint density at radius 2 is 2.38 bits per heavy atom. The maximum absolute atomic E-state index is 4.33. The molecule has 13 heavy (non-hydrogen) atoms. The Balaban J connectivity index is 2.71. The third kappa shape index (κ3) is 2.69. The van der Waals surface area contributed by atoms with Crippen molar-refractivity contribution in [2.24, 2.45) is 9.98 Å². The predicted octanol–water partition coefficient (Wildman–Crippen LogP) is 3.25. The van der Waals surface area contributed by atoms with E-state index in [1.165, 1.54) is 18.4 Å². The van der Waals surface area contributed by atoms with Gasteiger partial charge in [-0.2, -0.15) is 0 Å². The molecule has 1 aliphatic heterocycles. The molecule has 0 fully saturated rings. The molecule has 2 nitrogen and oxygen atoms in total. The first-order valence-electron chi connectivity index (χ1n) is 4.65. The normalized spacial score (nSPS) is 22.8. The summed E-state index contributed by atoms with van der Waals surface area (Å²) in [7, 11) is 1.82. The summed E-state index contributed by atoms with van der Waals surface area (Å²) >= 11 is 1.61. The van der Waals surface area contributed by atoms with Crippen molar-refractivity contribution in [3.63, 3.8) is 0 Å². The van der Waals surface area contributed by atoms with Crippen molar-refractivity contribution in [1.29, 1.82) is 0 Å². The molecule has 0 N–H and O–H groups in total. The van der Waals surface area contributed by atoms with E-state index in [9.17, 15) is 0 Å². The van der Waals surface area contributed by atoms with E-state index in [0.29, 0.717) is 0 Å². The highest BCUT2D eigenvalue weighted by Crippen LogP contribution is 2.24. The van der Waals surface area contributed by atoms with Crippen molar-refractivity contribution in [1.82, 2.24) is 0 Å². The maximum Gasteiger partial charge on any atom is 0.121 e. The van der Waals surface area contributed by atoms with Crippen molar-refractivity contribution >= 4 is 22.4 Å². The fourth-order valence-electron chi connectivity index (χ4n) is 1.25. The van der Waals surface area contributed by atoms with Crippen molar-refractivity contribution < 1.29 is 0 Å². The minimum atomic E-state index is 1.06. The van der Waals surface area contributed by atoms with Crippen LogP contribution in [0.3, 0.4) is 0 Å². The van der Waals surface area contributed by atoms with Gasteiger partial charge < -0.3 is 0 Å². The van der Waals surface area contributed by atoms with Crippen molar-refractivity contribution in [2.75, 3.05) is 7.05 Å². The molecule has 0 saturated carbocycles. The second kappa shape index (κ2) is 5.22. The van der Waals surface area contributed by atoms with Crippen molar-refractivity contribution in [3.8, 4) is 0 Å². The average molecular weight is 196 g/mol. The molecule has 0 aromatic heterocycles. The van der Waals surface area contributed by atoms with Crippen LogP contribution in [0.25, 0.3) is 0 Å². The molecule has 0 unspecified atom stereocenters. The van der Waals surface area contributed by atoms with Crippen LogP contribution in [0.2, 0.25) is 0 Å². The molecule has 0 amide bonds. The molecule has 0 saturated heterocycles. The first-order chi connectivity index (χ1) is 6.29. The zero-order valence-electron chi connectivity index (χ0n) is 8.50. The highest BCUT2D eigenvalue weighted by atomic mass is 32.2. The van der Waals surface area contributed by atoms with E-state index in [4.69, 9.17) is 0 Å². The lowest BCUT2D eigenvalue weighted by Gasteiger charge is -2.03. The van der Waals surface area contributed by atoms with Gasteiger partial charge in [0, 0.05) is 7.05 Å². The Morgan fingerprint density at radius 1 is 1.62 bits per heavy atom. The van der Waals surface area contributed by atoms with Gasteiger partial charge in [0.25, 0.3) is 0 Å². The van der Waals surface area contributed by atoms with Crippen LogP contribution >= 0.6 is 11.8 Å². The van der Waals surface area contributed by atoms with E-state index in [0.717, 1.165) is 17.2 Å². The second-order valence-corrected chi connectivity index (χ2v) is 3.95. The largest absolute Gasteiger partial charge is 0.279 e. The van der Waals surface area contributed by atoms with Gasteiger partial charge in [0.05, 0.1) is 11.2 Å². The van der Waals surface area contributed by atoms with Gasteiger partial charge in [-0.3, -0.25) is 4.99 Å². The summed E-state index contributed by atoms with van der Waals surface area (Å²) in [6.45, 7) is 4.36. The predicted molar refractivity (Wildman–Crippen MR) is 61.7 cm³/mol. The molecule has 0 atom stereocenters. The van der Waals surface area contributed by atoms with Crippen LogP contribution in [0, 0.1) is 0 Å². The monoisotopic (exact) mass is 196 g/mol. The van der Waals surface area contributed by atoms with E-state index < -0.39 is 0 Å². The minimum Gasteiger partial charge on any atom is -0.279 e. The number of rotatable bonds is 3. The molecule has 1 heterocycles. The van der Waals surface area contributed by atoms with Gasteiger partial charge in [-0.15, -0.1) is 0 Å². The molecular formula is C10H16N2S. The van der Waals surface area contributed by atoms with Gasteiger partial charge in [0.2, 0.25) is 0 Å². The number of nitrogens with zero attached hydrogens (tertiary/aromatic N) is 2. The first-order valence-corrected chi connectivity index (χ1v) is 5.53. The Morgan fingerprint density at radius 3 is 3.00 bits per heavy atom. The van der Waals surface area contributed by atoms with Gasteiger partial charge in [-0.05, 0) is 25.3 Å². The lowest BCUT2D eigenvalue weighted by molar-refractivity contribution is 0.783. The van der Waals surface area contributed by atoms with Crippen molar-refractivity contribution in [3.05, 3.63) is 11.3 Å². The third-order valence-corrected chi connectivity index (χ3v) is 2.87. The van der Waals surface area contributed by atoms with Gasteiger partial charge >= 0.3 is 0 Å². The minimum absolute atomic E-state index is 1.06. The fraction of sp³-hybridized carbons (Fsp3) is 0.600. The molecule has 0 aromatic carbocycles. The molecule has 3 heteroatoms. The summed E-state index contributed by atoms with van der Waals surface area (Å²) in [6, 6.07) is 0. The van der Waals surface area contributed by atoms with Gasteiger partial charge in [-0.25, -0.2) is 4.99 Å². The lowest BCUT2D eigenvalue weighted by atomic mass is 10.1. The lowest BCUT2D eigenvalue weighted by Crippen LogP contribution is -1.94. The Hall–Kier alpha value is -0.570. The van der Waals surface area contributed by atoms with Crippen LogP contribution in [0.1, 0.15) is 33.1 Å². The number of allylic oxidation sites excluding steroid dienone is 1. The van der Waals surface area contributed by atoms with Gasteiger partial charge in [0.1, 0.15) is 5.04 Å². The van der Waals surface area contributed by atoms with E-state index in [1.54, 1.807) is 11.8 Å². The van der Waals surface area contributed by atoms with Crippen molar-refractivity contribution in [2.45, 2.75) is 33.1 Å². The van der Waals surface area contributed by atoms with Crippen LogP contribution in [0.5, 0.6) is 0 Å². The number of hydrogen-bond acceptors (Lipinski definition) is 3. The SMILES string of the molecule is CCCC/C(C)=C1/N=CS/C1=N/C. The summed E-state index contributed by atoms with van der Waals surface area (Å²) < 4.78 is 0. The second-order valence-electron chi connectivity index (χ2n) is 3.11. The van der Waals surface area contributed by atoms with E-state index in [1.807, 2.05) is 12.6 Å². The number of unbranched alkanes of at least 4 members (excludes halogenated alkanes) is 1. The summed E-state index contributed by atoms with van der Waals surface area (Å²) in [5, 5.41) is 1.06. The molecule has 0 radical (unpaired) electrons. The summed E-state index contributed by atoms with van der Waals surface area (Å²) in [4.78, 5) is 8.52. The standard InChI is InChI=1S/C10H16N2S/c1-4-5-6-8(2)9-10(11-3)13-7-12-9/h7H,4-6H2,1-3H3/b9-8+,11-10+. The quantitative estimate of drug-likeness (QED) is 0.680. The molecule has 0 aromatic rings.